The van der Waals surface area contributed by atoms with Gasteiger partial charge < -0.3 is 20.1 Å². The number of thiophene rings is 1. The van der Waals surface area contributed by atoms with Crippen LogP contribution in [-0.2, 0) is 33.0 Å². The van der Waals surface area contributed by atoms with Gasteiger partial charge in [-0.1, -0.05) is 30.3 Å². The molecule has 0 saturated carbocycles. The van der Waals surface area contributed by atoms with Gasteiger partial charge >= 0.3 is 0 Å². The number of guanidine groups is 1. The van der Waals surface area contributed by atoms with E-state index in [2.05, 4.69) is 35.6 Å². The Hall–Kier alpha value is -7.47. The lowest BCUT2D eigenvalue weighted by molar-refractivity contribution is 0.0955. The third kappa shape index (κ3) is 12.4. The van der Waals surface area contributed by atoms with Crippen molar-refractivity contribution in [1.29, 1.82) is 5.26 Å². The van der Waals surface area contributed by atoms with E-state index in [1.54, 1.807) is 87.3 Å². The highest BCUT2D eigenvalue weighted by Crippen LogP contribution is 2.31. The van der Waals surface area contributed by atoms with Gasteiger partial charge in [-0.25, -0.2) is 30.6 Å². The summed E-state index contributed by atoms with van der Waals surface area (Å²) in [5.74, 6) is -1.42. The lowest BCUT2D eigenvalue weighted by Crippen LogP contribution is -2.26. The smallest absolute Gasteiger partial charge is 0.262 e. The van der Waals surface area contributed by atoms with E-state index in [0.29, 0.717) is 21.7 Å². The van der Waals surface area contributed by atoms with Crippen LogP contribution in [0.4, 0.5) is 20.2 Å². The Kier molecular flexibility index (Phi) is 15.4. The monoisotopic (exact) mass is 938 g/mol. The van der Waals surface area contributed by atoms with E-state index in [9.17, 15) is 30.4 Å². The van der Waals surface area contributed by atoms with Gasteiger partial charge in [0, 0.05) is 43.1 Å². The molecule has 15 nitrogen and oxygen atoms in total. The Labute approximate surface area is 377 Å². The average molecular weight is 939 g/mol. The molecule has 20 heteroatoms. The number of sulfone groups is 1. The van der Waals surface area contributed by atoms with Gasteiger partial charge in [-0.2, -0.15) is 5.26 Å². The van der Waals surface area contributed by atoms with Gasteiger partial charge in [0.05, 0.1) is 44.8 Å². The van der Waals surface area contributed by atoms with Gasteiger partial charge in [0.15, 0.2) is 17.8 Å². The maximum atomic E-state index is 14.8. The highest BCUT2D eigenvalue weighted by atomic mass is 32.2. The van der Waals surface area contributed by atoms with Crippen LogP contribution in [0.5, 0.6) is 11.5 Å². The number of hydrogen-bond donors (Lipinski definition) is 4. The van der Waals surface area contributed by atoms with Crippen molar-refractivity contribution >= 4 is 64.5 Å². The molecule has 0 aliphatic carbocycles. The lowest BCUT2D eigenvalue weighted by Gasteiger charge is -2.13. The third-order valence-electron chi connectivity index (χ3n) is 8.99. The highest BCUT2D eigenvalue weighted by molar-refractivity contribution is 7.92. The van der Waals surface area contributed by atoms with Crippen LogP contribution < -0.4 is 30.1 Å². The summed E-state index contributed by atoms with van der Waals surface area (Å²) < 4.78 is 93.3. The van der Waals surface area contributed by atoms with E-state index in [0.717, 1.165) is 16.2 Å². The largest absolute Gasteiger partial charge is 0.495 e. The van der Waals surface area contributed by atoms with Crippen LogP contribution in [0, 0.1) is 23.1 Å². The zero-order chi connectivity index (χ0) is 46.6. The molecule has 334 valence electrons. The normalized spacial score (nSPS) is 11.5. The number of benzene rings is 4. The zero-order valence-electron chi connectivity index (χ0n) is 34.8. The number of methoxy groups -OCH3 is 1. The van der Waals surface area contributed by atoms with E-state index in [4.69, 9.17) is 14.7 Å². The van der Waals surface area contributed by atoms with E-state index < -0.39 is 36.4 Å². The van der Waals surface area contributed by atoms with Crippen molar-refractivity contribution in [2.75, 3.05) is 17.1 Å². The summed E-state index contributed by atoms with van der Waals surface area (Å²) >= 11 is 1.35. The number of halogens is 2. The first kappa shape index (κ1) is 47.0. The van der Waals surface area contributed by atoms with Crippen LogP contribution >= 0.6 is 11.3 Å². The summed E-state index contributed by atoms with van der Waals surface area (Å²) in [7, 11) is -6.69. The number of fused-ring (bicyclic) bond motifs is 1. The van der Waals surface area contributed by atoms with Gasteiger partial charge in [0.2, 0.25) is 15.8 Å². The number of aliphatic imine (C=N–C) groups is 1. The molecular formula is C45H40F2N8O7S3. The number of amides is 1. The molecule has 3 heterocycles. The number of sulfonamides is 1. The first-order valence-corrected chi connectivity index (χ1v) is 23.2. The maximum Gasteiger partial charge on any atom is 0.262 e. The van der Waals surface area contributed by atoms with Crippen molar-refractivity contribution < 1.29 is 39.9 Å². The molecule has 0 unspecified atom stereocenters. The molecule has 0 fully saturated rings. The molecule has 4 aromatic carbocycles. The molecule has 3 aromatic heterocycles. The van der Waals surface area contributed by atoms with Crippen LogP contribution in [0.3, 0.4) is 0 Å². The molecule has 65 heavy (non-hydrogen) atoms. The minimum absolute atomic E-state index is 0.00409. The number of ether oxygens (including phenoxy) is 2. The minimum Gasteiger partial charge on any atom is -0.495 e. The molecule has 0 aliphatic heterocycles. The Balaban J connectivity index is 0.000000216. The van der Waals surface area contributed by atoms with Crippen molar-refractivity contribution in [1.82, 2.24) is 20.6 Å². The number of nitriles is 1. The van der Waals surface area contributed by atoms with Crippen molar-refractivity contribution in [2.24, 2.45) is 4.99 Å². The summed E-state index contributed by atoms with van der Waals surface area (Å²) in [6.45, 7) is 3.87. The predicted octanol–water partition coefficient (Wildman–Crippen LogP) is 8.05. The van der Waals surface area contributed by atoms with Gasteiger partial charge in [-0.15, -0.1) is 11.3 Å². The minimum atomic E-state index is -4.08. The lowest BCUT2D eigenvalue weighted by atomic mass is 10.2. The van der Waals surface area contributed by atoms with E-state index in [1.165, 1.54) is 73.0 Å². The molecule has 7 rings (SSSR count). The fourth-order valence-corrected chi connectivity index (χ4v) is 9.22. The molecule has 0 atom stereocenters. The van der Waals surface area contributed by atoms with Crippen LogP contribution in [0.25, 0.3) is 10.1 Å². The Bertz CT molecular complexity index is 3040. The highest BCUT2D eigenvalue weighted by Gasteiger charge is 2.25. The molecule has 0 aliphatic rings. The van der Waals surface area contributed by atoms with Crippen molar-refractivity contribution in [2.45, 2.75) is 47.7 Å². The van der Waals surface area contributed by atoms with Crippen LogP contribution in [0.1, 0.15) is 34.6 Å². The van der Waals surface area contributed by atoms with Crippen LogP contribution in [0.2, 0.25) is 0 Å². The summed E-state index contributed by atoms with van der Waals surface area (Å²) in [6, 6.07) is 26.7. The molecule has 0 saturated heterocycles. The zero-order valence-corrected chi connectivity index (χ0v) is 37.3. The molecule has 1 amide bonds. The first-order valence-electron chi connectivity index (χ1n) is 19.4. The summed E-state index contributed by atoms with van der Waals surface area (Å²) in [5, 5.41) is 18.1. The number of carbonyl (C=O) groups is 1. The van der Waals surface area contributed by atoms with Gasteiger partial charge in [-0.05, 0) is 103 Å². The number of pyridine rings is 2. The number of hydrogen-bond acceptors (Lipinski definition) is 12. The molecular weight excluding hydrogens is 899 g/mol. The van der Waals surface area contributed by atoms with Crippen LogP contribution in [-0.4, -0.2) is 51.9 Å². The van der Waals surface area contributed by atoms with Crippen molar-refractivity contribution in [3.8, 4) is 17.7 Å². The van der Waals surface area contributed by atoms with Crippen molar-refractivity contribution in [3.05, 3.63) is 162 Å². The Morgan fingerprint density at radius 1 is 0.846 bits per heavy atom. The van der Waals surface area contributed by atoms with E-state index in [1.807, 2.05) is 6.07 Å². The van der Waals surface area contributed by atoms with Gasteiger partial charge in [0.1, 0.15) is 16.5 Å². The molecule has 0 spiro atoms. The Morgan fingerprint density at radius 2 is 1.54 bits per heavy atom. The molecule has 0 radical (unpaired) electrons. The second kappa shape index (κ2) is 21.3. The third-order valence-corrected chi connectivity index (χ3v) is 13.2. The number of nitrogens with zero attached hydrogens (tertiary/aromatic N) is 4. The molecule has 7 aromatic rings. The van der Waals surface area contributed by atoms with Crippen LogP contribution in [0.15, 0.2) is 154 Å². The number of nitrogens with one attached hydrogen (secondary N) is 4. The number of carbonyl (C=O) groups excluding carboxylic acids is 1. The van der Waals surface area contributed by atoms with Gasteiger partial charge in [0.25, 0.3) is 15.9 Å². The number of rotatable bonds is 14. The quantitative estimate of drug-likeness (QED) is 0.0353. The second-order valence-corrected chi connectivity index (χ2v) is 18.6. The first-order chi connectivity index (χ1) is 31.2. The standard InChI is InChI=1S/C24H21FN2O4S2.C21H19FN6O3S/c1-15(2)31-19-4-3-5-22(23(19)25)33(29,30)18-8-6-16(7-9-18)13-27-24(28)20-12-17-10-11-26-14-21(17)32-20;1-31-20-7-4-16(22)12-19(20)28-32(29,30)18-5-2-15(3-6-18)13-25-21(26-14-23)27-17-8-10-24-11-9-17/h3-12,14-15H,13H2,1-2H3,(H,27,28);2-12,28H,13H2,1H3,(H2,24,25,26,27). The van der Waals surface area contributed by atoms with E-state index >= 15 is 0 Å². The fraction of sp³-hybridized carbons (Fsp3) is 0.133. The summed E-state index contributed by atoms with van der Waals surface area (Å²) in [4.78, 5) is 24.8. The topological polar surface area (TPSA) is 214 Å². The average Bonchev–Trinajstić information content (AvgIpc) is 3.74. The molecule has 0 bridgehead atoms. The number of aromatic nitrogens is 2. The second-order valence-electron chi connectivity index (χ2n) is 13.9. The fourth-order valence-electron chi connectivity index (χ4n) is 5.87. The SMILES string of the molecule is CC(C)Oc1cccc(S(=O)(=O)c2ccc(CNC(=O)c3cc4ccncc4s3)cc2)c1F.COc1ccc(F)cc1NS(=O)(=O)c1ccc(CN=C(NC#N)Nc2ccncc2)cc1. The number of anilines is 2. The molecule has 4 N–H and O–H groups in total. The van der Waals surface area contributed by atoms with Crippen molar-refractivity contribution in [3.63, 3.8) is 0 Å². The maximum absolute atomic E-state index is 14.8. The van der Waals surface area contributed by atoms with E-state index in [-0.39, 0.29) is 58.0 Å². The summed E-state index contributed by atoms with van der Waals surface area (Å²) in [6.07, 6.45) is 8.09. The predicted molar refractivity (Wildman–Crippen MR) is 243 cm³/mol. The summed E-state index contributed by atoms with van der Waals surface area (Å²) in [5.41, 5.74) is 2.11. The Morgan fingerprint density at radius 3 is 2.22 bits per heavy atom. The van der Waals surface area contributed by atoms with Gasteiger partial charge in [-0.3, -0.25) is 24.8 Å².